The van der Waals surface area contributed by atoms with E-state index < -0.39 is 0 Å². The molecule has 21 heavy (non-hydrogen) atoms. The first kappa shape index (κ1) is 13.4. The maximum atomic E-state index is 12.5. The predicted molar refractivity (Wildman–Crippen MR) is 78.7 cm³/mol. The highest BCUT2D eigenvalue weighted by Crippen LogP contribution is 2.18. The Morgan fingerprint density at radius 3 is 2.52 bits per heavy atom. The monoisotopic (exact) mass is 287 g/mol. The zero-order valence-corrected chi connectivity index (χ0v) is 12.4. The SMILES string of the molecule is CN(C)C1=c2c(=O)n(C)c(=O)n(C)c2=NC2C=CC=CN12. The second-order valence-corrected chi connectivity index (χ2v) is 5.30. The summed E-state index contributed by atoms with van der Waals surface area (Å²) in [4.78, 5) is 33.0. The molecule has 0 bridgehead atoms. The largest absolute Gasteiger partial charge is 0.363 e. The van der Waals surface area contributed by atoms with Crippen molar-refractivity contribution < 1.29 is 0 Å². The Labute approximate surface area is 121 Å². The van der Waals surface area contributed by atoms with Gasteiger partial charge < -0.3 is 9.80 Å². The van der Waals surface area contributed by atoms with Gasteiger partial charge in [0.2, 0.25) is 0 Å². The highest BCUT2D eigenvalue weighted by molar-refractivity contribution is 5.45. The van der Waals surface area contributed by atoms with Gasteiger partial charge in [-0.1, -0.05) is 6.08 Å². The molecule has 0 fully saturated rings. The molecule has 0 radical (unpaired) electrons. The van der Waals surface area contributed by atoms with Gasteiger partial charge in [0.15, 0.2) is 5.49 Å². The van der Waals surface area contributed by atoms with Gasteiger partial charge in [-0.15, -0.1) is 0 Å². The first-order valence-corrected chi connectivity index (χ1v) is 6.62. The molecule has 0 saturated carbocycles. The average molecular weight is 287 g/mol. The molecule has 2 aliphatic rings. The Bertz CT molecular complexity index is 901. The van der Waals surface area contributed by atoms with E-state index >= 15 is 0 Å². The Morgan fingerprint density at radius 2 is 1.86 bits per heavy atom. The van der Waals surface area contributed by atoms with Crippen LogP contribution >= 0.6 is 0 Å². The molecule has 1 unspecified atom stereocenters. The Balaban J connectivity index is 2.59. The molecule has 1 atom stereocenters. The van der Waals surface area contributed by atoms with E-state index in [0.717, 1.165) is 10.4 Å². The standard InChI is InChI=1S/C14H17N5O2/c1-16(2)12-10-11(15-9-7-5-6-8-19(9)12)17(3)14(21)18(4)13(10)20/h5-9H,1-4H3. The van der Waals surface area contributed by atoms with Crippen LogP contribution in [0, 0.1) is 0 Å². The van der Waals surface area contributed by atoms with Crippen LogP contribution in [0.5, 0.6) is 0 Å². The van der Waals surface area contributed by atoms with Crippen molar-refractivity contribution in [2.75, 3.05) is 14.1 Å². The van der Waals surface area contributed by atoms with Crippen molar-refractivity contribution in [2.45, 2.75) is 6.17 Å². The highest BCUT2D eigenvalue weighted by atomic mass is 16.2. The number of hydrogen-bond donors (Lipinski definition) is 0. The van der Waals surface area contributed by atoms with Crippen molar-refractivity contribution in [3.63, 3.8) is 0 Å². The molecule has 1 aromatic rings. The summed E-state index contributed by atoms with van der Waals surface area (Å²) in [6, 6.07) is 0. The molecule has 0 saturated heterocycles. The van der Waals surface area contributed by atoms with Crippen molar-refractivity contribution in [2.24, 2.45) is 19.1 Å². The number of fused-ring (bicyclic) bond motifs is 2. The van der Waals surface area contributed by atoms with E-state index in [4.69, 9.17) is 0 Å². The van der Waals surface area contributed by atoms with Crippen LogP contribution in [-0.2, 0) is 14.1 Å². The maximum Gasteiger partial charge on any atom is 0.332 e. The first-order chi connectivity index (χ1) is 9.93. The van der Waals surface area contributed by atoms with Crippen LogP contribution in [0.1, 0.15) is 0 Å². The topological polar surface area (TPSA) is 62.8 Å². The number of hydrogen-bond acceptors (Lipinski definition) is 5. The van der Waals surface area contributed by atoms with Crippen molar-refractivity contribution in [3.8, 4) is 0 Å². The van der Waals surface area contributed by atoms with Crippen molar-refractivity contribution >= 4 is 5.82 Å². The molecule has 7 nitrogen and oxygen atoms in total. The van der Waals surface area contributed by atoms with Gasteiger partial charge in [-0.2, -0.15) is 0 Å². The van der Waals surface area contributed by atoms with Crippen molar-refractivity contribution in [3.05, 3.63) is 56.0 Å². The second-order valence-electron chi connectivity index (χ2n) is 5.30. The molecule has 3 rings (SSSR count). The Morgan fingerprint density at radius 1 is 1.14 bits per heavy atom. The number of rotatable bonds is 1. The van der Waals surface area contributed by atoms with Gasteiger partial charge in [0.1, 0.15) is 17.2 Å². The summed E-state index contributed by atoms with van der Waals surface area (Å²) >= 11 is 0. The van der Waals surface area contributed by atoms with E-state index in [9.17, 15) is 9.59 Å². The van der Waals surface area contributed by atoms with E-state index in [0.29, 0.717) is 10.7 Å². The third-order valence-electron chi connectivity index (χ3n) is 3.71. The summed E-state index contributed by atoms with van der Waals surface area (Å²) < 4.78 is 2.53. The molecule has 0 N–H and O–H groups in total. The molecule has 0 amide bonds. The minimum absolute atomic E-state index is 0.238. The van der Waals surface area contributed by atoms with Crippen LogP contribution in [0.25, 0.3) is 5.82 Å². The van der Waals surface area contributed by atoms with Crippen molar-refractivity contribution in [1.82, 2.24) is 18.9 Å². The summed E-state index contributed by atoms with van der Waals surface area (Å²) in [6.07, 6.45) is 7.37. The first-order valence-electron chi connectivity index (χ1n) is 6.62. The fourth-order valence-corrected chi connectivity index (χ4v) is 2.68. The van der Waals surface area contributed by atoms with Crippen LogP contribution in [0.2, 0.25) is 0 Å². The molecule has 3 heterocycles. The third-order valence-corrected chi connectivity index (χ3v) is 3.71. The normalized spacial score (nSPS) is 19.1. The number of aromatic nitrogens is 2. The van der Waals surface area contributed by atoms with E-state index in [1.165, 1.54) is 11.6 Å². The van der Waals surface area contributed by atoms with Gasteiger partial charge in [0, 0.05) is 34.4 Å². The van der Waals surface area contributed by atoms with E-state index in [1.54, 1.807) is 7.05 Å². The second kappa shape index (κ2) is 4.47. The van der Waals surface area contributed by atoms with E-state index in [1.807, 2.05) is 48.3 Å². The highest BCUT2D eigenvalue weighted by Gasteiger charge is 2.26. The van der Waals surface area contributed by atoms with Crippen LogP contribution < -0.4 is 22.0 Å². The molecular weight excluding hydrogens is 270 g/mol. The van der Waals surface area contributed by atoms with Crippen LogP contribution in [0.4, 0.5) is 0 Å². The van der Waals surface area contributed by atoms with E-state index in [2.05, 4.69) is 4.99 Å². The quantitative estimate of drug-likeness (QED) is 0.603. The van der Waals surface area contributed by atoms with Gasteiger partial charge in [0.25, 0.3) is 5.56 Å². The number of allylic oxidation sites excluding steroid dienone is 2. The van der Waals surface area contributed by atoms with Crippen LogP contribution in [0.3, 0.4) is 0 Å². The lowest BCUT2D eigenvalue weighted by Gasteiger charge is -2.35. The van der Waals surface area contributed by atoms with Gasteiger partial charge in [-0.25, -0.2) is 9.79 Å². The molecule has 1 aromatic heterocycles. The minimum atomic E-state index is -0.371. The molecule has 0 spiro atoms. The molecule has 0 aromatic carbocycles. The molecule has 0 aliphatic carbocycles. The van der Waals surface area contributed by atoms with Gasteiger partial charge in [-0.05, 0) is 12.2 Å². The van der Waals surface area contributed by atoms with E-state index in [-0.39, 0.29) is 17.4 Å². The van der Waals surface area contributed by atoms with Gasteiger partial charge in [-0.3, -0.25) is 13.9 Å². The summed E-state index contributed by atoms with van der Waals surface area (Å²) in [5, 5.41) is 0.445. The molecule has 7 heteroatoms. The van der Waals surface area contributed by atoms with Gasteiger partial charge >= 0.3 is 5.69 Å². The maximum absolute atomic E-state index is 12.5. The third kappa shape index (κ3) is 1.77. The lowest BCUT2D eigenvalue weighted by molar-refractivity contribution is 0.346. The van der Waals surface area contributed by atoms with Crippen molar-refractivity contribution in [1.29, 1.82) is 0 Å². The zero-order chi connectivity index (χ0) is 15.3. The summed E-state index contributed by atoms with van der Waals surface area (Å²) in [6.45, 7) is 0. The number of nitrogens with zero attached hydrogens (tertiary/aromatic N) is 5. The summed E-state index contributed by atoms with van der Waals surface area (Å²) in [5.41, 5.74) is -0.278. The molecule has 2 aliphatic heterocycles. The predicted octanol–water partition coefficient (Wildman–Crippen LogP) is -1.94. The fourth-order valence-electron chi connectivity index (χ4n) is 2.68. The van der Waals surface area contributed by atoms with Crippen LogP contribution in [-0.4, -0.2) is 39.2 Å². The summed E-state index contributed by atoms with van der Waals surface area (Å²) in [7, 11) is 6.86. The zero-order valence-electron chi connectivity index (χ0n) is 12.4. The smallest absolute Gasteiger partial charge is 0.332 e. The lowest BCUT2D eigenvalue weighted by Crippen LogP contribution is -2.62. The van der Waals surface area contributed by atoms with Gasteiger partial charge in [0.05, 0.1) is 0 Å². The minimum Gasteiger partial charge on any atom is -0.363 e. The Hall–Kier alpha value is -2.57. The van der Waals surface area contributed by atoms with Crippen LogP contribution in [0.15, 0.2) is 39.0 Å². The molecule has 110 valence electrons. The lowest BCUT2D eigenvalue weighted by atomic mass is 10.2. The average Bonchev–Trinajstić information content (AvgIpc) is 2.48. The summed E-state index contributed by atoms with van der Waals surface area (Å²) in [5.74, 6) is 0.738. The Kier molecular flexibility index (Phi) is 2.86. The molecular formula is C14H17N5O2. The fraction of sp³-hybridized carbons (Fsp3) is 0.357.